The molecule has 0 spiro atoms. The van der Waals surface area contributed by atoms with Crippen molar-refractivity contribution < 1.29 is 0 Å². The molecule has 0 unspecified atom stereocenters. The molecule has 0 amide bonds. The van der Waals surface area contributed by atoms with Crippen LogP contribution in [0.3, 0.4) is 0 Å². The molecule has 1 rings (SSSR count). The summed E-state index contributed by atoms with van der Waals surface area (Å²) in [5, 5.41) is 0. The van der Waals surface area contributed by atoms with Crippen molar-refractivity contribution in [3.63, 3.8) is 0 Å². The first-order valence-electron chi connectivity index (χ1n) is 3.93. The highest BCUT2D eigenvalue weighted by molar-refractivity contribution is 14.1. The first-order chi connectivity index (χ1) is 5.18. The topological polar surface area (TPSA) is 0 Å². The molecule has 0 atom stereocenters. The van der Waals surface area contributed by atoms with E-state index in [0.717, 1.165) is 5.92 Å². The Bertz CT molecular complexity index is 228. The first-order valence-corrected chi connectivity index (χ1v) is 5.01. The van der Waals surface area contributed by atoms with Gasteiger partial charge in [-0.15, -0.1) is 0 Å². The summed E-state index contributed by atoms with van der Waals surface area (Å²) in [6, 6.07) is 8.70. The van der Waals surface area contributed by atoms with Crippen molar-refractivity contribution in [2.45, 2.75) is 20.3 Å². The maximum atomic E-state index is 2.35. The molecule has 1 heteroatoms. The van der Waals surface area contributed by atoms with Crippen molar-refractivity contribution in [3.8, 4) is 0 Å². The van der Waals surface area contributed by atoms with Crippen LogP contribution in [0.2, 0.25) is 0 Å². The van der Waals surface area contributed by atoms with Crippen LogP contribution in [0.25, 0.3) is 0 Å². The Morgan fingerprint density at radius 3 is 2.64 bits per heavy atom. The van der Waals surface area contributed by atoms with Crippen molar-refractivity contribution in [1.29, 1.82) is 0 Å². The van der Waals surface area contributed by atoms with Crippen LogP contribution in [-0.2, 0) is 6.42 Å². The van der Waals surface area contributed by atoms with Gasteiger partial charge in [0.2, 0.25) is 0 Å². The van der Waals surface area contributed by atoms with Crippen LogP contribution in [0.5, 0.6) is 0 Å². The number of benzene rings is 1. The highest BCUT2D eigenvalue weighted by Gasteiger charge is 1.96. The van der Waals surface area contributed by atoms with Gasteiger partial charge in [-0.05, 0) is 52.6 Å². The summed E-state index contributed by atoms with van der Waals surface area (Å²) in [4.78, 5) is 0. The van der Waals surface area contributed by atoms with Crippen LogP contribution in [0.15, 0.2) is 24.3 Å². The van der Waals surface area contributed by atoms with Crippen molar-refractivity contribution in [3.05, 3.63) is 33.4 Å². The van der Waals surface area contributed by atoms with Gasteiger partial charge in [0, 0.05) is 3.57 Å². The average Bonchev–Trinajstić information content (AvgIpc) is 1.85. The minimum Gasteiger partial charge on any atom is -0.0625 e. The Balaban J connectivity index is 2.71. The van der Waals surface area contributed by atoms with Crippen molar-refractivity contribution in [2.75, 3.05) is 0 Å². The minimum absolute atomic E-state index is 0.758. The molecule has 0 bridgehead atoms. The second kappa shape index (κ2) is 4.10. The lowest BCUT2D eigenvalue weighted by molar-refractivity contribution is 0.647. The standard InChI is InChI=1S/C10H13I/c1-8(2)6-9-4-3-5-10(11)7-9/h3-5,7-8H,6H2,1-2H3. The molecule has 0 nitrogen and oxygen atoms in total. The van der Waals surface area contributed by atoms with Crippen LogP contribution in [0.1, 0.15) is 19.4 Å². The van der Waals surface area contributed by atoms with Gasteiger partial charge in [-0.2, -0.15) is 0 Å². The Morgan fingerprint density at radius 1 is 1.36 bits per heavy atom. The monoisotopic (exact) mass is 260 g/mol. The Kier molecular flexibility index (Phi) is 3.37. The van der Waals surface area contributed by atoms with Gasteiger partial charge in [0.1, 0.15) is 0 Å². The van der Waals surface area contributed by atoms with E-state index in [-0.39, 0.29) is 0 Å². The van der Waals surface area contributed by atoms with Gasteiger partial charge in [0.15, 0.2) is 0 Å². The molecule has 0 N–H and O–H groups in total. The molecule has 0 aromatic heterocycles. The van der Waals surface area contributed by atoms with Gasteiger partial charge in [-0.25, -0.2) is 0 Å². The summed E-state index contributed by atoms with van der Waals surface area (Å²) in [7, 11) is 0. The van der Waals surface area contributed by atoms with E-state index in [9.17, 15) is 0 Å². The minimum atomic E-state index is 0.758. The third-order valence-corrected chi connectivity index (χ3v) is 2.20. The maximum Gasteiger partial charge on any atom is 0.0133 e. The lowest BCUT2D eigenvalue weighted by Gasteiger charge is -2.04. The van der Waals surface area contributed by atoms with Gasteiger partial charge < -0.3 is 0 Å². The zero-order chi connectivity index (χ0) is 8.27. The predicted octanol–water partition coefficient (Wildman–Crippen LogP) is 3.49. The fourth-order valence-electron chi connectivity index (χ4n) is 1.14. The molecule has 0 aliphatic carbocycles. The number of halogens is 1. The Hall–Kier alpha value is -0.0500. The second-order valence-corrected chi connectivity index (χ2v) is 4.47. The molecule has 0 heterocycles. The molecule has 0 fully saturated rings. The largest absolute Gasteiger partial charge is 0.0625 e. The van der Waals surface area contributed by atoms with E-state index in [2.05, 4.69) is 60.7 Å². The second-order valence-electron chi connectivity index (χ2n) is 3.23. The van der Waals surface area contributed by atoms with Gasteiger partial charge in [-0.3, -0.25) is 0 Å². The van der Waals surface area contributed by atoms with Crippen LogP contribution in [0, 0.1) is 9.49 Å². The van der Waals surface area contributed by atoms with Crippen LogP contribution in [0.4, 0.5) is 0 Å². The normalized spacial score (nSPS) is 10.5. The van der Waals surface area contributed by atoms with Crippen molar-refractivity contribution in [1.82, 2.24) is 0 Å². The fourth-order valence-corrected chi connectivity index (χ4v) is 1.74. The first kappa shape index (κ1) is 9.04. The van der Waals surface area contributed by atoms with Crippen molar-refractivity contribution >= 4 is 22.6 Å². The average molecular weight is 260 g/mol. The summed E-state index contributed by atoms with van der Waals surface area (Å²) in [6.45, 7) is 4.50. The van der Waals surface area contributed by atoms with Gasteiger partial charge in [0.05, 0.1) is 0 Å². The number of rotatable bonds is 2. The lowest BCUT2D eigenvalue weighted by atomic mass is 10.0. The molecular weight excluding hydrogens is 247 g/mol. The SMILES string of the molecule is CC(C)Cc1cccc(I)c1. The maximum absolute atomic E-state index is 2.35. The van der Waals surface area contributed by atoms with E-state index in [4.69, 9.17) is 0 Å². The molecular formula is C10H13I. The summed E-state index contributed by atoms with van der Waals surface area (Å²) in [6.07, 6.45) is 1.19. The number of hydrogen-bond acceptors (Lipinski definition) is 0. The molecule has 60 valence electrons. The highest BCUT2D eigenvalue weighted by atomic mass is 127. The van der Waals surface area contributed by atoms with Gasteiger partial charge in [-0.1, -0.05) is 26.0 Å². The van der Waals surface area contributed by atoms with Gasteiger partial charge >= 0.3 is 0 Å². The van der Waals surface area contributed by atoms with Crippen molar-refractivity contribution in [2.24, 2.45) is 5.92 Å². The molecule has 0 saturated heterocycles. The third kappa shape index (κ3) is 3.23. The van der Waals surface area contributed by atoms with Gasteiger partial charge in [0.25, 0.3) is 0 Å². The summed E-state index contributed by atoms with van der Waals surface area (Å²) in [5.74, 6) is 0.758. The summed E-state index contributed by atoms with van der Waals surface area (Å²) in [5.41, 5.74) is 1.45. The molecule has 0 aliphatic heterocycles. The van der Waals surface area contributed by atoms with E-state index >= 15 is 0 Å². The van der Waals surface area contributed by atoms with Crippen LogP contribution in [-0.4, -0.2) is 0 Å². The number of hydrogen-bond donors (Lipinski definition) is 0. The fraction of sp³-hybridized carbons (Fsp3) is 0.400. The summed E-state index contributed by atoms with van der Waals surface area (Å²) >= 11 is 2.35. The van der Waals surface area contributed by atoms with E-state index in [0.29, 0.717) is 0 Å². The highest BCUT2D eigenvalue weighted by Crippen LogP contribution is 2.11. The third-order valence-electron chi connectivity index (χ3n) is 1.53. The Labute approximate surface area is 82.2 Å². The smallest absolute Gasteiger partial charge is 0.0133 e. The zero-order valence-corrected chi connectivity index (χ0v) is 9.13. The molecule has 0 radical (unpaired) electrons. The Morgan fingerprint density at radius 2 is 2.09 bits per heavy atom. The molecule has 0 aliphatic rings. The van der Waals surface area contributed by atoms with Crippen LogP contribution < -0.4 is 0 Å². The van der Waals surface area contributed by atoms with E-state index in [1.54, 1.807) is 0 Å². The summed E-state index contributed by atoms with van der Waals surface area (Å²) < 4.78 is 1.33. The van der Waals surface area contributed by atoms with Crippen LogP contribution >= 0.6 is 22.6 Å². The quantitative estimate of drug-likeness (QED) is 0.714. The van der Waals surface area contributed by atoms with E-state index in [1.807, 2.05) is 0 Å². The molecule has 1 aromatic rings. The van der Waals surface area contributed by atoms with E-state index in [1.165, 1.54) is 15.6 Å². The molecule has 11 heavy (non-hydrogen) atoms. The van der Waals surface area contributed by atoms with E-state index < -0.39 is 0 Å². The lowest BCUT2D eigenvalue weighted by Crippen LogP contribution is -1.93. The molecule has 0 saturated carbocycles. The zero-order valence-electron chi connectivity index (χ0n) is 6.97. The predicted molar refractivity (Wildman–Crippen MR) is 57.7 cm³/mol. The molecule has 1 aromatic carbocycles.